The Kier molecular flexibility index (Phi) is 6.54. The highest BCUT2D eigenvalue weighted by atomic mass is 35.5. The largest absolute Gasteiger partial charge is 0.495 e. The molecule has 0 spiro atoms. The van der Waals surface area contributed by atoms with Crippen LogP contribution in [0, 0.1) is 11.3 Å². The number of rotatable bonds is 6. The lowest BCUT2D eigenvalue weighted by Gasteiger charge is -2.13. The summed E-state index contributed by atoms with van der Waals surface area (Å²) >= 11 is 14.1. The summed E-state index contributed by atoms with van der Waals surface area (Å²) in [6, 6.07) is 14.0. The monoisotopic (exact) mass is 482 g/mol. The van der Waals surface area contributed by atoms with Crippen molar-refractivity contribution in [1.29, 1.82) is 5.26 Å². The molecular weight excluding hydrogens is 463 g/mol. The second kappa shape index (κ2) is 9.35. The van der Waals surface area contributed by atoms with E-state index in [0.717, 1.165) is 27.9 Å². The lowest BCUT2D eigenvalue weighted by Crippen LogP contribution is -2.10. The van der Waals surface area contributed by atoms with Crippen molar-refractivity contribution in [2.45, 2.75) is 6.54 Å². The van der Waals surface area contributed by atoms with Crippen molar-refractivity contribution in [2.24, 2.45) is 0 Å². The molecule has 0 atom stereocenters. The maximum Gasteiger partial charge on any atom is 0.139 e. The van der Waals surface area contributed by atoms with Crippen LogP contribution in [0.15, 0.2) is 48.0 Å². The number of halogens is 2. The summed E-state index contributed by atoms with van der Waals surface area (Å²) in [6.45, 7) is 0.883. The lowest BCUT2D eigenvalue weighted by atomic mass is 10.0. The second-order valence-corrected chi connectivity index (χ2v) is 9.21. The third-order valence-corrected chi connectivity index (χ3v) is 6.56. The molecule has 2 aromatic carbocycles. The third kappa shape index (κ3) is 4.38. The van der Waals surface area contributed by atoms with Crippen molar-refractivity contribution in [3.63, 3.8) is 0 Å². The van der Waals surface area contributed by atoms with Crippen LogP contribution in [0.2, 0.25) is 10.0 Å². The molecule has 8 heteroatoms. The molecular formula is C24H20Cl2N4OS. The molecule has 4 rings (SSSR count). The van der Waals surface area contributed by atoms with Gasteiger partial charge in [0.1, 0.15) is 11.8 Å². The Bertz CT molecular complexity index is 1330. The zero-order valence-electron chi connectivity index (χ0n) is 17.7. The minimum atomic E-state index is 0.416. The Hall–Kier alpha value is -2.82. The number of methoxy groups -OCH3 is 1. The van der Waals surface area contributed by atoms with E-state index in [0.29, 0.717) is 32.7 Å². The quantitative estimate of drug-likeness (QED) is 0.321. The summed E-state index contributed by atoms with van der Waals surface area (Å²) in [5.74, 6) is 0.493. The molecule has 0 fully saturated rings. The first kappa shape index (κ1) is 22.4. The van der Waals surface area contributed by atoms with Gasteiger partial charge in [-0.25, -0.2) is 0 Å². The van der Waals surface area contributed by atoms with Gasteiger partial charge in [0.2, 0.25) is 0 Å². The van der Waals surface area contributed by atoms with Crippen LogP contribution in [0.1, 0.15) is 11.1 Å². The van der Waals surface area contributed by atoms with Gasteiger partial charge < -0.3 is 15.0 Å². The summed E-state index contributed by atoms with van der Waals surface area (Å²) in [5.41, 5.74) is 5.85. The number of pyridine rings is 1. The predicted octanol–water partition coefficient (Wildman–Crippen LogP) is 6.96. The predicted molar refractivity (Wildman–Crippen MR) is 133 cm³/mol. The molecule has 5 nitrogen and oxygen atoms in total. The van der Waals surface area contributed by atoms with E-state index in [1.165, 1.54) is 16.9 Å². The highest BCUT2D eigenvalue weighted by Crippen LogP contribution is 2.41. The Morgan fingerprint density at radius 1 is 1.16 bits per heavy atom. The molecule has 32 heavy (non-hydrogen) atoms. The van der Waals surface area contributed by atoms with E-state index in [4.69, 9.17) is 27.9 Å². The maximum absolute atomic E-state index is 9.69. The fourth-order valence-electron chi connectivity index (χ4n) is 3.46. The number of anilines is 2. The first-order chi connectivity index (χ1) is 15.4. The molecule has 0 bridgehead atoms. The Morgan fingerprint density at radius 2 is 1.91 bits per heavy atom. The number of hydrogen-bond donors (Lipinski definition) is 1. The molecule has 0 aliphatic rings. The fraction of sp³-hybridized carbons (Fsp3) is 0.167. The Labute approximate surface area is 200 Å². The average molecular weight is 483 g/mol. The summed E-state index contributed by atoms with van der Waals surface area (Å²) in [5, 5.41) is 15.9. The topological polar surface area (TPSA) is 61.2 Å². The number of ether oxygens (including phenoxy) is 1. The van der Waals surface area contributed by atoms with Crippen LogP contribution in [-0.4, -0.2) is 31.1 Å². The molecule has 0 aliphatic heterocycles. The molecule has 2 aromatic heterocycles. The van der Waals surface area contributed by atoms with E-state index in [2.05, 4.69) is 50.9 Å². The van der Waals surface area contributed by atoms with Gasteiger partial charge in [0, 0.05) is 29.8 Å². The Morgan fingerprint density at radius 3 is 2.56 bits per heavy atom. The minimum Gasteiger partial charge on any atom is -0.495 e. The van der Waals surface area contributed by atoms with E-state index in [1.807, 2.05) is 14.1 Å². The summed E-state index contributed by atoms with van der Waals surface area (Å²) in [6.07, 6.45) is 1.59. The molecule has 1 N–H and O–H groups in total. The molecule has 0 unspecified atom stereocenters. The number of fused-ring (bicyclic) bond motifs is 1. The number of thiophene rings is 1. The van der Waals surface area contributed by atoms with Gasteiger partial charge in [0.25, 0.3) is 0 Å². The van der Waals surface area contributed by atoms with E-state index >= 15 is 0 Å². The zero-order chi connectivity index (χ0) is 22.8. The van der Waals surface area contributed by atoms with Gasteiger partial charge >= 0.3 is 0 Å². The van der Waals surface area contributed by atoms with Gasteiger partial charge in [-0.15, -0.1) is 11.3 Å². The molecule has 0 saturated carbocycles. The number of aromatic nitrogens is 1. The average Bonchev–Trinajstić information content (AvgIpc) is 3.20. The third-order valence-electron chi connectivity index (χ3n) is 4.97. The number of nitrogens with one attached hydrogen (secondary N) is 1. The normalized spacial score (nSPS) is 11.0. The van der Waals surface area contributed by atoms with Gasteiger partial charge in [0.15, 0.2) is 0 Å². The number of benzene rings is 2. The van der Waals surface area contributed by atoms with E-state index < -0.39 is 0 Å². The lowest BCUT2D eigenvalue weighted by molar-refractivity contribution is 0.402. The Balaban J connectivity index is 1.78. The molecule has 0 amide bonds. The SMILES string of the molecule is COc1cc(Nc2c(C#N)cnc3c(-c4ccc(CN(C)C)cc4)csc23)c(Cl)cc1Cl. The highest BCUT2D eigenvalue weighted by Gasteiger charge is 2.17. The van der Waals surface area contributed by atoms with Crippen molar-refractivity contribution < 1.29 is 4.74 Å². The summed E-state index contributed by atoms with van der Waals surface area (Å²) in [4.78, 5) is 6.73. The van der Waals surface area contributed by atoms with E-state index in [1.54, 1.807) is 25.4 Å². The maximum atomic E-state index is 9.69. The van der Waals surface area contributed by atoms with Crippen LogP contribution in [0.3, 0.4) is 0 Å². The molecule has 162 valence electrons. The second-order valence-electron chi connectivity index (χ2n) is 7.51. The smallest absolute Gasteiger partial charge is 0.139 e. The summed E-state index contributed by atoms with van der Waals surface area (Å²) < 4.78 is 6.19. The number of nitriles is 1. The van der Waals surface area contributed by atoms with E-state index in [9.17, 15) is 5.26 Å². The molecule has 0 saturated heterocycles. The first-order valence-corrected chi connectivity index (χ1v) is 11.4. The number of hydrogen-bond acceptors (Lipinski definition) is 6. The van der Waals surface area contributed by atoms with Crippen molar-refractivity contribution >= 4 is 56.1 Å². The first-order valence-electron chi connectivity index (χ1n) is 9.75. The summed E-state index contributed by atoms with van der Waals surface area (Å²) in [7, 11) is 5.64. The number of nitrogens with zero attached hydrogens (tertiary/aromatic N) is 3. The van der Waals surface area contributed by atoms with Crippen LogP contribution in [-0.2, 0) is 6.54 Å². The molecule has 0 radical (unpaired) electrons. The van der Waals surface area contributed by atoms with Crippen molar-refractivity contribution in [3.05, 3.63) is 69.1 Å². The van der Waals surface area contributed by atoms with Gasteiger partial charge in [-0.3, -0.25) is 4.98 Å². The molecule has 0 aliphatic carbocycles. The molecule has 2 heterocycles. The fourth-order valence-corrected chi connectivity index (χ4v) is 5.00. The molecule has 4 aromatic rings. The van der Waals surface area contributed by atoms with Gasteiger partial charge in [-0.1, -0.05) is 47.5 Å². The van der Waals surface area contributed by atoms with E-state index in [-0.39, 0.29) is 0 Å². The van der Waals surface area contributed by atoms with Crippen LogP contribution in [0.5, 0.6) is 5.75 Å². The highest BCUT2D eigenvalue weighted by molar-refractivity contribution is 7.18. The van der Waals surface area contributed by atoms with Gasteiger partial charge in [0.05, 0.1) is 44.3 Å². The standard InChI is InChI=1S/C24H20Cl2N4OS/c1-30(2)12-14-4-6-15(7-5-14)17-13-32-24-22(16(10-27)11-28-23(17)24)29-20-9-21(31-3)19(26)8-18(20)25/h4-9,11,13H,12H2,1-3H3,(H,28,29). The van der Waals surface area contributed by atoms with Crippen molar-refractivity contribution in [3.8, 4) is 22.9 Å². The minimum absolute atomic E-state index is 0.416. The zero-order valence-corrected chi connectivity index (χ0v) is 20.1. The van der Waals surface area contributed by atoms with Gasteiger partial charge in [-0.05, 0) is 31.3 Å². The van der Waals surface area contributed by atoms with Crippen LogP contribution >= 0.6 is 34.5 Å². The van der Waals surface area contributed by atoms with Crippen molar-refractivity contribution in [1.82, 2.24) is 9.88 Å². The van der Waals surface area contributed by atoms with Gasteiger partial charge in [-0.2, -0.15) is 5.26 Å². The van der Waals surface area contributed by atoms with Crippen LogP contribution < -0.4 is 10.1 Å². The van der Waals surface area contributed by atoms with Crippen molar-refractivity contribution in [2.75, 3.05) is 26.5 Å². The van der Waals surface area contributed by atoms with Crippen LogP contribution in [0.4, 0.5) is 11.4 Å². The van der Waals surface area contributed by atoms with Crippen LogP contribution in [0.25, 0.3) is 21.3 Å².